The molecule has 0 atom stereocenters. The van der Waals surface area contributed by atoms with Gasteiger partial charge in [-0.3, -0.25) is 4.79 Å². The second-order valence-electron chi connectivity index (χ2n) is 8.98. The largest absolute Gasteiger partial charge is 0.308 e. The molecule has 8 heteroatoms. The first-order chi connectivity index (χ1) is 17.3. The maximum Gasteiger partial charge on any atom is 0.283 e. The minimum Gasteiger partial charge on any atom is -0.308 e. The van der Waals surface area contributed by atoms with Crippen molar-refractivity contribution in [2.24, 2.45) is 0 Å². The van der Waals surface area contributed by atoms with Crippen LogP contribution in [-0.2, 0) is 23.0 Å². The highest BCUT2D eigenvalue weighted by Gasteiger charge is 2.21. The van der Waals surface area contributed by atoms with Gasteiger partial charge in [0.25, 0.3) is 5.91 Å². The summed E-state index contributed by atoms with van der Waals surface area (Å²) in [5.41, 5.74) is 5.52. The number of nitrogens with zero attached hydrogens (tertiary/aromatic N) is 3. The number of carbonyl (C=O) groups excluding carboxylic acids is 1. The lowest BCUT2D eigenvalue weighted by molar-refractivity contribution is 0.0976. The molecule has 0 fully saturated rings. The molecule has 36 heavy (non-hydrogen) atoms. The van der Waals surface area contributed by atoms with Gasteiger partial charge in [-0.25, -0.2) is 23.1 Å². The smallest absolute Gasteiger partial charge is 0.283 e. The van der Waals surface area contributed by atoms with Gasteiger partial charge in [0.15, 0.2) is 5.65 Å². The maximum atomic E-state index is 12.8. The van der Waals surface area contributed by atoms with Crippen molar-refractivity contribution in [3.63, 3.8) is 0 Å². The van der Waals surface area contributed by atoms with Gasteiger partial charge in [0.1, 0.15) is 17.0 Å². The third kappa shape index (κ3) is 5.82. The number of pyridine rings is 1. The first kappa shape index (κ1) is 25.6. The van der Waals surface area contributed by atoms with E-state index in [1.54, 1.807) is 6.07 Å². The van der Waals surface area contributed by atoms with E-state index in [2.05, 4.69) is 46.1 Å². The molecule has 0 aliphatic rings. The molecule has 0 spiro atoms. The number of rotatable bonds is 10. The third-order valence-electron chi connectivity index (χ3n) is 6.19. The molecule has 4 rings (SSSR count). The van der Waals surface area contributed by atoms with Gasteiger partial charge in [-0.05, 0) is 41.7 Å². The molecule has 2 heterocycles. The zero-order chi connectivity index (χ0) is 25.7. The van der Waals surface area contributed by atoms with Gasteiger partial charge in [0, 0.05) is 6.42 Å². The first-order valence-corrected chi connectivity index (χ1v) is 14.0. The van der Waals surface area contributed by atoms with Crippen molar-refractivity contribution in [2.75, 3.05) is 5.75 Å². The van der Waals surface area contributed by atoms with Crippen LogP contribution in [0.5, 0.6) is 0 Å². The average Bonchev–Trinajstić information content (AvgIpc) is 3.23. The number of benzene rings is 2. The number of unbranched alkanes of at least 4 members (excludes halogenated alkanes) is 2. The molecule has 0 saturated heterocycles. The number of aromatic nitrogens is 3. The fourth-order valence-electron chi connectivity index (χ4n) is 4.24. The SMILES string of the molecule is CCCCCS(=O)(=O)NC(=O)c1cc(C)c2nc(CC)n(Cc3ccc(-c4ccccc4)cc3)c2n1. The Morgan fingerprint density at radius 2 is 1.64 bits per heavy atom. The van der Waals surface area contributed by atoms with Crippen LogP contribution in [-0.4, -0.2) is 34.6 Å². The van der Waals surface area contributed by atoms with Gasteiger partial charge in [-0.15, -0.1) is 0 Å². The number of hydrogen-bond donors (Lipinski definition) is 1. The average molecular weight is 505 g/mol. The van der Waals surface area contributed by atoms with Gasteiger partial charge < -0.3 is 4.57 Å². The van der Waals surface area contributed by atoms with Crippen LogP contribution in [0.15, 0.2) is 60.7 Å². The normalized spacial score (nSPS) is 11.6. The second-order valence-corrected chi connectivity index (χ2v) is 10.8. The zero-order valence-corrected chi connectivity index (χ0v) is 21.8. The summed E-state index contributed by atoms with van der Waals surface area (Å²) in [5.74, 6) is 0.0667. The van der Waals surface area contributed by atoms with Crippen molar-refractivity contribution < 1.29 is 13.2 Å². The molecule has 188 valence electrons. The van der Waals surface area contributed by atoms with Crippen LogP contribution in [0.3, 0.4) is 0 Å². The number of sulfonamides is 1. The fraction of sp³-hybridized carbons (Fsp3) is 0.321. The lowest BCUT2D eigenvalue weighted by Crippen LogP contribution is -2.33. The molecule has 0 aliphatic carbocycles. The summed E-state index contributed by atoms with van der Waals surface area (Å²) >= 11 is 0. The Kier molecular flexibility index (Phi) is 7.84. The summed E-state index contributed by atoms with van der Waals surface area (Å²) in [7, 11) is -3.71. The number of fused-ring (bicyclic) bond motifs is 1. The Morgan fingerprint density at radius 1 is 0.944 bits per heavy atom. The van der Waals surface area contributed by atoms with Gasteiger partial charge in [-0.2, -0.15) is 0 Å². The molecule has 4 aromatic rings. The van der Waals surface area contributed by atoms with E-state index in [4.69, 9.17) is 4.98 Å². The van der Waals surface area contributed by atoms with E-state index in [0.29, 0.717) is 25.0 Å². The van der Waals surface area contributed by atoms with Gasteiger partial charge in [-0.1, -0.05) is 81.3 Å². The summed E-state index contributed by atoms with van der Waals surface area (Å²) in [5, 5.41) is 0. The highest BCUT2D eigenvalue weighted by Crippen LogP contribution is 2.23. The molecule has 0 saturated carbocycles. The van der Waals surface area contributed by atoms with E-state index in [0.717, 1.165) is 46.4 Å². The van der Waals surface area contributed by atoms with Crippen molar-refractivity contribution in [1.29, 1.82) is 0 Å². The summed E-state index contributed by atoms with van der Waals surface area (Å²) in [4.78, 5) is 22.2. The molecule has 1 amide bonds. The molecule has 1 N–H and O–H groups in total. The molecule has 0 unspecified atom stereocenters. The molecular formula is C28H32N4O3S. The first-order valence-electron chi connectivity index (χ1n) is 12.4. The number of aryl methyl sites for hydroxylation is 2. The highest BCUT2D eigenvalue weighted by atomic mass is 32.2. The Labute approximate surface area is 212 Å². The van der Waals surface area contributed by atoms with E-state index >= 15 is 0 Å². The molecule has 7 nitrogen and oxygen atoms in total. The number of imidazole rings is 1. The summed E-state index contributed by atoms with van der Waals surface area (Å²) in [6.07, 6.45) is 2.91. The van der Waals surface area contributed by atoms with Crippen molar-refractivity contribution in [3.8, 4) is 11.1 Å². The highest BCUT2D eigenvalue weighted by molar-refractivity contribution is 7.90. The minimum atomic E-state index is -3.71. The van der Waals surface area contributed by atoms with E-state index in [1.165, 1.54) is 0 Å². The number of amides is 1. The van der Waals surface area contributed by atoms with E-state index in [1.807, 2.05) is 43.5 Å². The molecule has 2 aromatic heterocycles. The van der Waals surface area contributed by atoms with Crippen LogP contribution < -0.4 is 4.72 Å². The number of nitrogens with one attached hydrogen (secondary N) is 1. The van der Waals surface area contributed by atoms with Gasteiger partial charge in [0.2, 0.25) is 10.0 Å². The lowest BCUT2D eigenvalue weighted by Gasteiger charge is -2.11. The predicted molar refractivity (Wildman–Crippen MR) is 143 cm³/mol. The van der Waals surface area contributed by atoms with Crippen molar-refractivity contribution >= 4 is 27.1 Å². The lowest BCUT2D eigenvalue weighted by atomic mass is 10.0. The fourth-order valence-corrected chi connectivity index (χ4v) is 5.32. The number of carbonyl (C=O) groups is 1. The van der Waals surface area contributed by atoms with E-state index < -0.39 is 15.9 Å². The quantitative estimate of drug-likeness (QED) is 0.297. The van der Waals surface area contributed by atoms with E-state index in [-0.39, 0.29) is 11.4 Å². The van der Waals surface area contributed by atoms with Crippen molar-refractivity contribution in [1.82, 2.24) is 19.3 Å². The van der Waals surface area contributed by atoms with Crippen LogP contribution in [0.1, 0.15) is 60.5 Å². The third-order valence-corrected chi connectivity index (χ3v) is 7.51. The van der Waals surface area contributed by atoms with E-state index in [9.17, 15) is 13.2 Å². The van der Waals surface area contributed by atoms with Crippen LogP contribution in [0.25, 0.3) is 22.3 Å². The summed E-state index contributed by atoms with van der Waals surface area (Å²) < 4.78 is 28.9. The predicted octanol–water partition coefficient (Wildman–Crippen LogP) is 5.27. The van der Waals surface area contributed by atoms with Crippen molar-refractivity contribution in [3.05, 3.63) is 83.3 Å². The second kappa shape index (κ2) is 11.0. The summed E-state index contributed by atoms with van der Waals surface area (Å²) in [6.45, 7) is 6.43. The van der Waals surface area contributed by atoms with Crippen LogP contribution in [0.4, 0.5) is 0 Å². The Hall–Kier alpha value is -3.52. The monoisotopic (exact) mass is 504 g/mol. The molecule has 0 radical (unpaired) electrons. The molecular weight excluding hydrogens is 472 g/mol. The van der Waals surface area contributed by atoms with Crippen LogP contribution in [0.2, 0.25) is 0 Å². The summed E-state index contributed by atoms with van der Waals surface area (Å²) in [6, 6.07) is 20.2. The molecule has 0 aliphatic heterocycles. The number of hydrogen-bond acceptors (Lipinski definition) is 5. The van der Waals surface area contributed by atoms with Crippen molar-refractivity contribution in [2.45, 2.75) is 53.0 Å². The van der Waals surface area contributed by atoms with Gasteiger partial charge in [0.05, 0.1) is 12.3 Å². The van der Waals surface area contributed by atoms with Crippen LogP contribution >= 0.6 is 0 Å². The topological polar surface area (TPSA) is 94.0 Å². The molecule has 2 aromatic carbocycles. The minimum absolute atomic E-state index is 0.0716. The maximum absolute atomic E-state index is 12.8. The Bertz CT molecular complexity index is 1460. The van der Waals surface area contributed by atoms with Gasteiger partial charge >= 0.3 is 0 Å². The standard InChI is InChI=1S/C28H32N4O3S/c1-4-6-10-17-36(34,35)31-28(33)24-18-20(3)26-27(29-24)32(25(5-2)30-26)19-21-13-15-23(16-14-21)22-11-8-7-9-12-22/h7-9,11-16,18H,4-6,10,17,19H2,1-3H3,(H,31,33). The zero-order valence-electron chi connectivity index (χ0n) is 21.0. The Balaban J connectivity index is 1.63. The Morgan fingerprint density at radius 3 is 2.31 bits per heavy atom. The molecule has 0 bridgehead atoms. The van der Waals surface area contributed by atoms with Crippen LogP contribution in [0, 0.1) is 6.92 Å².